The van der Waals surface area contributed by atoms with E-state index in [1.165, 1.54) is 18.4 Å². The molecule has 0 saturated carbocycles. The molecule has 6 heteroatoms. The maximum Gasteiger partial charge on any atom is 0.274 e. The highest BCUT2D eigenvalue weighted by Gasteiger charge is 2.31. The zero-order chi connectivity index (χ0) is 19.3. The van der Waals surface area contributed by atoms with Gasteiger partial charge in [-0.15, -0.1) is 10.2 Å². The van der Waals surface area contributed by atoms with E-state index in [0.29, 0.717) is 12.2 Å². The summed E-state index contributed by atoms with van der Waals surface area (Å²) in [5.74, 6) is 0.876. The molecule has 4 rings (SSSR count). The summed E-state index contributed by atoms with van der Waals surface area (Å²) in [6.45, 7) is 7.66. The summed E-state index contributed by atoms with van der Waals surface area (Å²) in [4.78, 5) is 19.7. The molecule has 1 aromatic carbocycles. The van der Waals surface area contributed by atoms with Crippen LogP contribution in [0.1, 0.15) is 42.2 Å². The number of likely N-dealkylation sites (tertiary alicyclic amines) is 1. The third-order valence-corrected chi connectivity index (χ3v) is 5.84. The average molecular weight is 380 g/mol. The summed E-state index contributed by atoms with van der Waals surface area (Å²) in [5, 5.41) is 8.57. The van der Waals surface area contributed by atoms with Crippen LogP contribution in [0.15, 0.2) is 42.5 Å². The minimum Gasteiger partial charge on any atom is -0.355 e. The van der Waals surface area contributed by atoms with Gasteiger partial charge in [0.2, 0.25) is 0 Å². The number of aromatic nitrogens is 2. The third kappa shape index (κ3) is 4.17. The standard InChI is InChI=1S/C22H29N5O/c1-2-27(19-12-15-25(17-19)16-18-8-4-3-5-9-18)22(28)20-10-11-21(24-23-20)26-13-6-7-14-26/h3-5,8-11,19H,2,6-7,12-17H2,1H3. The topological polar surface area (TPSA) is 52.6 Å². The van der Waals surface area contributed by atoms with Crippen molar-refractivity contribution in [1.29, 1.82) is 0 Å². The Hall–Kier alpha value is -2.47. The van der Waals surface area contributed by atoms with Crippen LogP contribution in [-0.4, -0.2) is 64.7 Å². The van der Waals surface area contributed by atoms with Crippen molar-refractivity contribution >= 4 is 11.7 Å². The molecule has 2 saturated heterocycles. The number of anilines is 1. The van der Waals surface area contributed by atoms with Gasteiger partial charge in [-0.1, -0.05) is 30.3 Å². The predicted molar refractivity (Wildman–Crippen MR) is 110 cm³/mol. The number of nitrogens with zero attached hydrogens (tertiary/aromatic N) is 5. The van der Waals surface area contributed by atoms with Crippen molar-refractivity contribution in [3.8, 4) is 0 Å². The minimum absolute atomic E-state index is 0.00506. The van der Waals surface area contributed by atoms with Crippen LogP contribution >= 0.6 is 0 Å². The molecular weight excluding hydrogens is 350 g/mol. The van der Waals surface area contributed by atoms with E-state index in [2.05, 4.69) is 44.3 Å². The molecule has 2 fully saturated rings. The molecule has 0 bridgehead atoms. The van der Waals surface area contributed by atoms with Crippen LogP contribution in [-0.2, 0) is 6.54 Å². The van der Waals surface area contributed by atoms with Crippen molar-refractivity contribution < 1.29 is 4.79 Å². The average Bonchev–Trinajstić information content (AvgIpc) is 3.42. The van der Waals surface area contributed by atoms with E-state index in [0.717, 1.165) is 45.0 Å². The van der Waals surface area contributed by atoms with Crippen LogP contribution in [0.2, 0.25) is 0 Å². The Labute approximate surface area is 167 Å². The fourth-order valence-electron chi connectivity index (χ4n) is 4.32. The first-order valence-corrected chi connectivity index (χ1v) is 10.4. The summed E-state index contributed by atoms with van der Waals surface area (Å²) in [6.07, 6.45) is 3.41. The summed E-state index contributed by atoms with van der Waals surface area (Å²) in [7, 11) is 0. The maximum atomic E-state index is 13.1. The minimum atomic E-state index is -0.00506. The number of hydrogen-bond donors (Lipinski definition) is 0. The predicted octanol–water partition coefficient (Wildman–Crippen LogP) is 2.81. The zero-order valence-electron chi connectivity index (χ0n) is 16.6. The lowest BCUT2D eigenvalue weighted by Crippen LogP contribution is -2.42. The Bertz CT molecular complexity index is 773. The van der Waals surface area contributed by atoms with Crippen molar-refractivity contribution in [2.24, 2.45) is 0 Å². The number of carbonyl (C=O) groups excluding carboxylic acids is 1. The second-order valence-electron chi connectivity index (χ2n) is 7.73. The largest absolute Gasteiger partial charge is 0.355 e. The van der Waals surface area contributed by atoms with Gasteiger partial charge in [-0.25, -0.2) is 0 Å². The summed E-state index contributed by atoms with van der Waals surface area (Å²) in [5.41, 5.74) is 1.77. The van der Waals surface area contributed by atoms with E-state index in [-0.39, 0.29) is 11.9 Å². The lowest BCUT2D eigenvalue weighted by atomic mass is 10.2. The zero-order valence-corrected chi connectivity index (χ0v) is 16.6. The van der Waals surface area contributed by atoms with E-state index in [9.17, 15) is 4.79 Å². The van der Waals surface area contributed by atoms with Crippen molar-refractivity contribution in [2.45, 2.75) is 38.8 Å². The number of benzene rings is 1. The molecule has 1 atom stereocenters. The quantitative estimate of drug-likeness (QED) is 0.773. The number of likely N-dealkylation sites (N-methyl/N-ethyl adjacent to an activating group) is 1. The van der Waals surface area contributed by atoms with Crippen LogP contribution in [0, 0.1) is 0 Å². The summed E-state index contributed by atoms with van der Waals surface area (Å²) < 4.78 is 0. The fraction of sp³-hybridized carbons (Fsp3) is 0.500. The Balaban J connectivity index is 1.38. The Kier molecular flexibility index (Phi) is 5.86. The van der Waals surface area contributed by atoms with Crippen molar-refractivity contribution in [3.05, 3.63) is 53.7 Å². The van der Waals surface area contributed by atoms with Gasteiger partial charge in [0.25, 0.3) is 5.91 Å². The highest BCUT2D eigenvalue weighted by Crippen LogP contribution is 2.21. The molecule has 148 valence electrons. The molecule has 0 spiro atoms. The first-order valence-electron chi connectivity index (χ1n) is 10.4. The molecule has 1 amide bonds. The Morgan fingerprint density at radius 2 is 1.86 bits per heavy atom. The van der Waals surface area contributed by atoms with Gasteiger partial charge in [0.05, 0.1) is 0 Å². The monoisotopic (exact) mass is 379 g/mol. The Morgan fingerprint density at radius 1 is 1.07 bits per heavy atom. The van der Waals surface area contributed by atoms with Crippen molar-refractivity contribution in [2.75, 3.05) is 37.6 Å². The molecule has 0 aliphatic carbocycles. The second kappa shape index (κ2) is 8.69. The van der Waals surface area contributed by atoms with Gasteiger partial charge >= 0.3 is 0 Å². The van der Waals surface area contributed by atoms with Gasteiger partial charge < -0.3 is 9.80 Å². The number of amides is 1. The highest BCUT2D eigenvalue weighted by molar-refractivity contribution is 5.92. The molecule has 2 aromatic rings. The number of rotatable bonds is 6. The SMILES string of the molecule is CCN(C(=O)c1ccc(N2CCCC2)nn1)C1CCN(Cc2ccccc2)C1. The van der Waals surface area contributed by atoms with Crippen molar-refractivity contribution in [1.82, 2.24) is 20.0 Å². The second-order valence-corrected chi connectivity index (χ2v) is 7.73. The molecule has 3 heterocycles. The van der Waals surface area contributed by atoms with E-state index < -0.39 is 0 Å². The lowest BCUT2D eigenvalue weighted by molar-refractivity contribution is 0.0686. The maximum absolute atomic E-state index is 13.1. The van der Waals surface area contributed by atoms with E-state index >= 15 is 0 Å². The lowest BCUT2D eigenvalue weighted by Gasteiger charge is -2.28. The number of carbonyl (C=O) groups is 1. The van der Waals surface area contributed by atoms with Gasteiger partial charge in [0, 0.05) is 45.3 Å². The molecule has 2 aliphatic heterocycles. The van der Waals surface area contributed by atoms with Crippen LogP contribution in [0.5, 0.6) is 0 Å². The number of hydrogen-bond acceptors (Lipinski definition) is 5. The van der Waals surface area contributed by atoms with E-state index in [1.54, 1.807) is 0 Å². The molecule has 6 nitrogen and oxygen atoms in total. The molecule has 1 unspecified atom stereocenters. The summed E-state index contributed by atoms with van der Waals surface area (Å²) >= 11 is 0. The fourth-order valence-corrected chi connectivity index (χ4v) is 4.32. The Morgan fingerprint density at radius 3 is 2.54 bits per heavy atom. The normalized spacial score (nSPS) is 19.9. The van der Waals surface area contributed by atoms with Gasteiger partial charge in [0.15, 0.2) is 11.5 Å². The third-order valence-electron chi connectivity index (χ3n) is 5.84. The highest BCUT2D eigenvalue weighted by atomic mass is 16.2. The van der Waals surface area contributed by atoms with E-state index in [4.69, 9.17) is 0 Å². The first-order chi connectivity index (χ1) is 13.7. The molecule has 0 radical (unpaired) electrons. The van der Waals surface area contributed by atoms with Crippen LogP contribution in [0.4, 0.5) is 5.82 Å². The van der Waals surface area contributed by atoms with Crippen molar-refractivity contribution in [3.63, 3.8) is 0 Å². The van der Waals surface area contributed by atoms with Crippen LogP contribution in [0.25, 0.3) is 0 Å². The van der Waals surface area contributed by atoms with Crippen LogP contribution < -0.4 is 4.90 Å². The molecule has 0 N–H and O–H groups in total. The van der Waals surface area contributed by atoms with Gasteiger partial charge in [-0.3, -0.25) is 9.69 Å². The molecule has 2 aliphatic rings. The molecule has 28 heavy (non-hydrogen) atoms. The van der Waals surface area contributed by atoms with E-state index in [1.807, 2.05) is 30.0 Å². The van der Waals surface area contributed by atoms with Crippen LogP contribution in [0.3, 0.4) is 0 Å². The van der Waals surface area contributed by atoms with Gasteiger partial charge in [0.1, 0.15) is 0 Å². The van der Waals surface area contributed by atoms with Gasteiger partial charge in [-0.05, 0) is 43.9 Å². The molecular formula is C22H29N5O. The van der Waals surface area contributed by atoms with Gasteiger partial charge in [-0.2, -0.15) is 0 Å². The smallest absolute Gasteiger partial charge is 0.274 e. The summed E-state index contributed by atoms with van der Waals surface area (Å²) in [6, 6.07) is 14.5. The molecule has 1 aromatic heterocycles. The first kappa shape index (κ1) is 18.9.